The molecule has 2 bridgehead atoms. The highest BCUT2D eigenvalue weighted by Crippen LogP contribution is 2.39. The predicted octanol–water partition coefficient (Wildman–Crippen LogP) is 1.35. The molecular formula is C12H20N2. The smallest absolute Gasteiger partial charge is 0.0770 e. The van der Waals surface area contributed by atoms with Crippen molar-refractivity contribution in [3.63, 3.8) is 0 Å². The van der Waals surface area contributed by atoms with Gasteiger partial charge in [0.15, 0.2) is 0 Å². The molecule has 2 heterocycles. The quantitative estimate of drug-likeness (QED) is 0.635. The van der Waals surface area contributed by atoms with Crippen molar-refractivity contribution in [2.24, 2.45) is 5.73 Å². The maximum absolute atomic E-state index is 6.02. The van der Waals surface area contributed by atoms with E-state index < -0.39 is 0 Å². The van der Waals surface area contributed by atoms with Crippen LogP contribution in [0.2, 0.25) is 0 Å². The number of hydrogen-bond donors (Lipinski definition) is 1. The Kier molecular flexibility index (Phi) is 2.33. The number of piperidine rings is 1. The molecule has 2 aliphatic rings. The Labute approximate surface area is 86.8 Å². The molecule has 2 fully saturated rings. The molecule has 0 spiro atoms. The minimum absolute atomic E-state index is 0.0913. The van der Waals surface area contributed by atoms with Crippen molar-refractivity contribution in [1.29, 1.82) is 0 Å². The molecule has 14 heavy (non-hydrogen) atoms. The number of fused-ring (bicyclic) bond motifs is 2. The molecule has 2 rings (SSSR count). The number of rotatable bonds is 1. The summed E-state index contributed by atoms with van der Waals surface area (Å²) in [6, 6.07) is 1.67. The molecule has 2 N–H and O–H groups in total. The van der Waals surface area contributed by atoms with Crippen LogP contribution in [0.4, 0.5) is 0 Å². The Bertz CT molecular complexity index is 250. The van der Waals surface area contributed by atoms with Gasteiger partial charge in [-0.3, -0.25) is 4.90 Å². The molecule has 2 nitrogen and oxygen atoms in total. The Morgan fingerprint density at radius 2 is 1.79 bits per heavy atom. The van der Waals surface area contributed by atoms with Crippen molar-refractivity contribution in [2.45, 2.75) is 63.2 Å². The average molecular weight is 192 g/mol. The standard InChI is InChI=1S/C12H20N2/c1-4-12(2,3)14-10-5-6-11(14)8-9(13)7-10/h1,9-11H,5-8,13H2,2-3H3. The van der Waals surface area contributed by atoms with Crippen LogP contribution in [-0.4, -0.2) is 28.6 Å². The lowest BCUT2D eigenvalue weighted by molar-refractivity contribution is 0.0590. The van der Waals surface area contributed by atoms with Crippen LogP contribution in [0.1, 0.15) is 39.5 Å². The molecule has 2 atom stereocenters. The van der Waals surface area contributed by atoms with Gasteiger partial charge in [0.05, 0.1) is 5.54 Å². The van der Waals surface area contributed by atoms with Crippen molar-refractivity contribution < 1.29 is 0 Å². The van der Waals surface area contributed by atoms with Crippen LogP contribution in [0.25, 0.3) is 0 Å². The van der Waals surface area contributed by atoms with E-state index in [2.05, 4.69) is 24.7 Å². The predicted molar refractivity (Wildman–Crippen MR) is 58.8 cm³/mol. The van der Waals surface area contributed by atoms with Crippen molar-refractivity contribution in [1.82, 2.24) is 4.90 Å². The van der Waals surface area contributed by atoms with E-state index >= 15 is 0 Å². The van der Waals surface area contributed by atoms with Gasteiger partial charge in [-0.1, -0.05) is 5.92 Å². The highest BCUT2D eigenvalue weighted by atomic mass is 15.3. The van der Waals surface area contributed by atoms with Crippen LogP contribution in [0, 0.1) is 12.3 Å². The molecule has 2 aliphatic heterocycles. The maximum Gasteiger partial charge on any atom is 0.0770 e. The van der Waals surface area contributed by atoms with Crippen molar-refractivity contribution in [2.75, 3.05) is 0 Å². The van der Waals surface area contributed by atoms with Crippen LogP contribution in [0.5, 0.6) is 0 Å². The van der Waals surface area contributed by atoms with E-state index in [4.69, 9.17) is 12.2 Å². The minimum Gasteiger partial charge on any atom is -0.328 e. The number of nitrogens with two attached hydrogens (primary N) is 1. The summed E-state index contributed by atoms with van der Waals surface area (Å²) < 4.78 is 0. The van der Waals surface area contributed by atoms with Gasteiger partial charge in [-0.2, -0.15) is 0 Å². The first kappa shape index (κ1) is 10.0. The van der Waals surface area contributed by atoms with E-state index in [1.54, 1.807) is 0 Å². The SMILES string of the molecule is C#CC(C)(C)N1C2CCC1CC(N)C2. The Morgan fingerprint density at radius 3 is 2.21 bits per heavy atom. The Balaban J connectivity index is 2.20. The Morgan fingerprint density at radius 1 is 1.29 bits per heavy atom. The highest BCUT2D eigenvalue weighted by Gasteiger charge is 2.45. The molecule has 78 valence electrons. The summed E-state index contributed by atoms with van der Waals surface area (Å²) in [5.41, 5.74) is 5.93. The summed E-state index contributed by atoms with van der Waals surface area (Å²) in [6.07, 6.45) is 10.4. The summed E-state index contributed by atoms with van der Waals surface area (Å²) >= 11 is 0. The zero-order chi connectivity index (χ0) is 10.3. The van der Waals surface area contributed by atoms with E-state index in [1.807, 2.05) is 0 Å². The largest absolute Gasteiger partial charge is 0.328 e. The molecular weight excluding hydrogens is 172 g/mol. The molecule has 0 saturated carbocycles. The molecule has 2 heteroatoms. The van der Waals surface area contributed by atoms with Gasteiger partial charge in [-0.15, -0.1) is 6.42 Å². The summed E-state index contributed by atoms with van der Waals surface area (Å²) in [4.78, 5) is 2.52. The summed E-state index contributed by atoms with van der Waals surface area (Å²) in [7, 11) is 0. The van der Waals surface area contributed by atoms with Crippen LogP contribution in [0.15, 0.2) is 0 Å². The van der Waals surface area contributed by atoms with Crippen molar-refractivity contribution >= 4 is 0 Å². The monoisotopic (exact) mass is 192 g/mol. The minimum atomic E-state index is -0.0913. The number of terminal acetylenes is 1. The van der Waals surface area contributed by atoms with Crippen molar-refractivity contribution in [3.8, 4) is 12.3 Å². The summed E-state index contributed by atoms with van der Waals surface area (Å²) in [5.74, 6) is 2.91. The second-order valence-electron chi connectivity index (χ2n) is 5.23. The van der Waals surface area contributed by atoms with Crippen LogP contribution >= 0.6 is 0 Å². The molecule has 0 aromatic rings. The fourth-order valence-corrected chi connectivity index (χ4v) is 3.21. The first-order valence-electron chi connectivity index (χ1n) is 5.56. The molecule has 2 saturated heterocycles. The van der Waals surface area contributed by atoms with Gasteiger partial charge in [0, 0.05) is 18.1 Å². The number of nitrogens with zero attached hydrogens (tertiary/aromatic N) is 1. The third-order valence-corrected chi connectivity index (χ3v) is 3.77. The third-order valence-electron chi connectivity index (χ3n) is 3.77. The second kappa shape index (κ2) is 3.25. The lowest BCUT2D eigenvalue weighted by Crippen LogP contribution is -2.55. The molecule has 2 unspecified atom stereocenters. The molecule has 0 aromatic carbocycles. The van der Waals surface area contributed by atoms with E-state index in [0.29, 0.717) is 18.1 Å². The maximum atomic E-state index is 6.02. The lowest BCUT2D eigenvalue weighted by Gasteiger charge is -2.45. The normalized spacial score (nSPS) is 38.3. The van der Waals surface area contributed by atoms with E-state index in [0.717, 1.165) is 12.8 Å². The molecule has 0 amide bonds. The second-order valence-corrected chi connectivity index (χ2v) is 5.23. The first-order chi connectivity index (χ1) is 6.54. The number of hydrogen-bond acceptors (Lipinski definition) is 2. The summed E-state index contributed by atoms with van der Waals surface area (Å²) in [6.45, 7) is 4.30. The van der Waals surface area contributed by atoms with Crippen LogP contribution < -0.4 is 5.73 Å². The average Bonchev–Trinajstić information content (AvgIpc) is 2.40. The Hall–Kier alpha value is -0.520. The lowest BCUT2D eigenvalue weighted by atomic mass is 9.91. The summed E-state index contributed by atoms with van der Waals surface area (Å²) in [5, 5.41) is 0. The third kappa shape index (κ3) is 1.45. The first-order valence-corrected chi connectivity index (χ1v) is 5.56. The zero-order valence-corrected chi connectivity index (χ0v) is 9.16. The van der Waals surface area contributed by atoms with Gasteiger partial charge in [-0.05, 0) is 39.5 Å². The van der Waals surface area contributed by atoms with Gasteiger partial charge in [0.1, 0.15) is 0 Å². The van der Waals surface area contributed by atoms with E-state index in [1.165, 1.54) is 12.8 Å². The van der Waals surface area contributed by atoms with E-state index in [-0.39, 0.29) is 5.54 Å². The highest BCUT2D eigenvalue weighted by molar-refractivity contribution is 5.14. The van der Waals surface area contributed by atoms with Gasteiger partial charge < -0.3 is 5.73 Å². The zero-order valence-electron chi connectivity index (χ0n) is 9.16. The van der Waals surface area contributed by atoms with Gasteiger partial charge >= 0.3 is 0 Å². The van der Waals surface area contributed by atoms with Gasteiger partial charge in [-0.25, -0.2) is 0 Å². The fourth-order valence-electron chi connectivity index (χ4n) is 3.21. The molecule has 0 aliphatic carbocycles. The van der Waals surface area contributed by atoms with Crippen molar-refractivity contribution in [3.05, 3.63) is 0 Å². The van der Waals surface area contributed by atoms with Gasteiger partial charge in [0.25, 0.3) is 0 Å². The van der Waals surface area contributed by atoms with Crippen LogP contribution in [-0.2, 0) is 0 Å². The topological polar surface area (TPSA) is 29.3 Å². The van der Waals surface area contributed by atoms with Crippen LogP contribution in [0.3, 0.4) is 0 Å². The molecule has 0 aromatic heterocycles. The fraction of sp³-hybridized carbons (Fsp3) is 0.833. The van der Waals surface area contributed by atoms with Gasteiger partial charge in [0.2, 0.25) is 0 Å². The molecule has 0 radical (unpaired) electrons. The van der Waals surface area contributed by atoms with E-state index in [9.17, 15) is 0 Å².